The molecule has 0 radical (unpaired) electrons. The molecule has 0 aliphatic heterocycles. The second-order valence-corrected chi connectivity index (χ2v) is 4.90. The molecular formula is C17H15FO5. The first-order valence-corrected chi connectivity index (χ1v) is 6.96. The monoisotopic (exact) mass is 318 g/mol. The minimum Gasteiger partial charge on any atom is -0.493 e. The van der Waals surface area contributed by atoms with Gasteiger partial charge in [0.25, 0.3) is 0 Å². The molecule has 0 aliphatic rings. The van der Waals surface area contributed by atoms with Crippen LogP contribution in [-0.2, 0) is 0 Å². The summed E-state index contributed by atoms with van der Waals surface area (Å²) in [7, 11) is 0. The van der Waals surface area contributed by atoms with Gasteiger partial charge in [0.15, 0.2) is 0 Å². The van der Waals surface area contributed by atoms with Crippen LogP contribution in [0.2, 0.25) is 0 Å². The largest absolute Gasteiger partial charge is 0.493 e. The Morgan fingerprint density at radius 2 is 1.78 bits per heavy atom. The predicted octanol–water partition coefficient (Wildman–Crippen LogP) is 3.68. The van der Waals surface area contributed by atoms with Crippen LogP contribution in [0.15, 0.2) is 36.4 Å². The Morgan fingerprint density at radius 1 is 1.04 bits per heavy atom. The number of rotatable bonds is 6. The maximum Gasteiger partial charge on any atom is 0.339 e. The second kappa shape index (κ2) is 6.91. The predicted molar refractivity (Wildman–Crippen MR) is 81.5 cm³/mol. The molecule has 0 fully saturated rings. The number of benzene rings is 2. The SMILES string of the molecule is CCCOc1ccc(-c2cc(F)cc(C(=O)O)c2)cc1C(=O)O. The van der Waals surface area contributed by atoms with Crippen molar-refractivity contribution in [3.05, 3.63) is 53.3 Å². The lowest BCUT2D eigenvalue weighted by molar-refractivity contribution is 0.0683. The maximum absolute atomic E-state index is 13.6. The summed E-state index contributed by atoms with van der Waals surface area (Å²) in [5.41, 5.74) is 0.417. The van der Waals surface area contributed by atoms with Crippen molar-refractivity contribution in [2.45, 2.75) is 13.3 Å². The molecule has 0 spiro atoms. The molecule has 0 unspecified atom stereocenters. The van der Waals surface area contributed by atoms with Gasteiger partial charge in [0.2, 0.25) is 0 Å². The van der Waals surface area contributed by atoms with Gasteiger partial charge < -0.3 is 14.9 Å². The van der Waals surface area contributed by atoms with E-state index in [1.165, 1.54) is 18.2 Å². The smallest absolute Gasteiger partial charge is 0.339 e. The lowest BCUT2D eigenvalue weighted by atomic mass is 10.00. The van der Waals surface area contributed by atoms with Gasteiger partial charge in [0.05, 0.1) is 12.2 Å². The molecule has 6 heteroatoms. The maximum atomic E-state index is 13.6. The summed E-state index contributed by atoms with van der Waals surface area (Å²) in [4.78, 5) is 22.4. The van der Waals surface area contributed by atoms with Gasteiger partial charge in [-0.15, -0.1) is 0 Å². The normalized spacial score (nSPS) is 10.3. The molecule has 2 rings (SSSR count). The molecule has 0 heterocycles. The number of ether oxygens (including phenoxy) is 1. The van der Waals surface area contributed by atoms with E-state index in [4.69, 9.17) is 9.84 Å². The van der Waals surface area contributed by atoms with Gasteiger partial charge in [0.1, 0.15) is 17.1 Å². The number of aromatic carboxylic acids is 2. The summed E-state index contributed by atoms with van der Waals surface area (Å²) in [5, 5.41) is 18.3. The Labute approximate surface area is 132 Å². The summed E-state index contributed by atoms with van der Waals surface area (Å²) >= 11 is 0. The van der Waals surface area contributed by atoms with Crippen molar-refractivity contribution < 1.29 is 28.9 Å². The number of hydrogen-bond acceptors (Lipinski definition) is 3. The molecule has 23 heavy (non-hydrogen) atoms. The van der Waals surface area contributed by atoms with E-state index in [9.17, 15) is 19.1 Å². The van der Waals surface area contributed by atoms with Crippen molar-refractivity contribution in [3.63, 3.8) is 0 Å². The summed E-state index contributed by atoms with van der Waals surface area (Å²) in [6.45, 7) is 2.28. The number of hydrogen-bond donors (Lipinski definition) is 2. The molecule has 0 bridgehead atoms. The zero-order valence-corrected chi connectivity index (χ0v) is 12.4. The van der Waals surface area contributed by atoms with Crippen LogP contribution < -0.4 is 4.74 Å². The molecule has 120 valence electrons. The fourth-order valence-electron chi connectivity index (χ4n) is 2.09. The van der Waals surface area contributed by atoms with E-state index in [1.807, 2.05) is 6.92 Å². The van der Waals surface area contributed by atoms with E-state index in [0.29, 0.717) is 12.2 Å². The summed E-state index contributed by atoms with van der Waals surface area (Å²) in [6, 6.07) is 7.74. The zero-order valence-electron chi connectivity index (χ0n) is 12.4. The van der Waals surface area contributed by atoms with E-state index in [0.717, 1.165) is 18.6 Å². The quantitative estimate of drug-likeness (QED) is 0.849. The Hall–Kier alpha value is -2.89. The topological polar surface area (TPSA) is 83.8 Å². The minimum atomic E-state index is -1.26. The highest BCUT2D eigenvalue weighted by Crippen LogP contribution is 2.28. The Morgan fingerprint density at radius 3 is 2.39 bits per heavy atom. The molecule has 2 N–H and O–H groups in total. The van der Waals surface area contributed by atoms with Crippen molar-refractivity contribution in [2.24, 2.45) is 0 Å². The van der Waals surface area contributed by atoms with Crippen LogP contribution in [0, 0.1) is 5.82 Å². The molecule has 5 nitrogen and oxygen atoms in total. The van der Waals surface area contributed by atoms with Crippen LogP contribution in [0.25, 0.3) is 11.1 Å². The van der Waals surface area contributed by atoms with Gasteiger partial charge in [-0.25, -0.2) is 14.0 Å². The third kappa shape index (κ3) is 3.85. The van der Waals surface area contributed by atoms with Crippen molar-refractivity contribution >= 4 is 11.9 Å². The fraction of sp³-hybridized carbons (Fsp3) is 0.176. The van der Waals surface area contributed by atoms with Gasteiger partial charge in [-0.05, 0) is 47.9 Å². The molecule has 0 amide bonds. The Balaban J connectivity index is 2.50. The Kier molecular flexibility index (Phi) is 4.95. The van der Waals surface area contributed by atoms with E-state index in [2.05, 4.69) is 0 Å². The van der Waals surface area contributed by atoms with Crippen LogP contribution >= 0.6 is 0 Å². The van der Waals surface area contributed by atoms with Crippen LogP contribution in [-0.4, -0.2) is 28.8 Å². The highest BCUT2D eigenvalue weighted by Gasteiger charge is 2.15. The molecular weight excluding hydrogens is 303 g/mol. The van der Waals surface area contributed by atoms with Crippen molar-refractivity contribution in [1.29, 1.82) is 0 Å². The van der Waals surface area contributed by atoms with Crippen molar-refractivity contribution in [1.82, 2.24) is 0 Å². The lowest BCUT2D eigenvalue weighted by Gasteiger charge is -2.11. The highest BCUT2D eigenvalue weighted by atomic mass is 19.1. The van der Waals surface area contributed by atoms with Crippen LogP contribution in [0.1, 0.15) is 34.1 Å². The summed E-state index contributed by atoms with van der Waals surface area (Å²) < 4.78 is 18.9. The number of carboxylic acids is 2. The van der Waals surface area contributed by atoms with Crippen molar-refractivity contribution in [3.8, 4) is 16.9 Å². The van der Waals surface area contributed by atoms with Gasteiger partial charge in [-0.1, -0.05) is 13.0 Å². The summed E-state index contributed by atoms with van der Waals surface area (Å²) in [5.74, 6) is -2.92. The molecule has 2 aromatic rings. The fourth-order valence-corrected chi connectivity index (χ4v) is 2.09. The first-order valence-electron chi connectivity index (χ1n) is 6.96. The highest BCUT2D eigenvalue weighted by molar-refractivity contribution is 5.93. The first-order chi connectivity index (χ1) is 10.9. The van der Waals surface area contributed by atoms with Gasteiger partial charge in [-0.2, -0.15) is 0 Å². The first kappa shape index (κ1) is 16.5. The number of halogens is 1. The standard InChI is InChI=1S/C17H15FO5/c1-2-5-23-15-4-3-10(9-14(15)17(21)22)11-6-12(16(19)20)8-13(18)7-11/h3-4,6-9H,2,5H2,1H3,(H,19,20)(H,21,22). The third-order valence-electron chi connectivity index (χ3n) is 3.15. The van der Waals surface area contributed by atoms with Crippen LogP contribution in [0.5, 0.6) is 5.75 Å². The molecule has 0 aromatic heterocycles. The molecule has 0 aliphatic carbocycles. The van der Waals surface area contributed by atoms with E-state index in [-0.39, 0.29) is 22.4 Å². The minimum absolute atomic E-state index is 0.0583. The number of carbonyl (C=O) groups is 2. The molecule has 0 atom stereocenters. The summed E-state index contributed by atoms with van der Waals surface area (Å²) in [6.07, 6.45) is 0.729. The Bertz CT molecular complexity index is 755. The molecule has 0 saturated heterocycles. The average molecular weight is 318 g/mol. The molecule has 2 aromatic carbocycles. The van der Waals surface area contributed by atoms with Gasteiger partial charge in [0, 0.05) is 0 Å². The van der Waals surface area contributed by atoms with Gasteiger partial charge >= 0.3 is 11.9 Å². The van der Waals surface area contributed by atoms with E-state index < -0.39 is 17.8 Å². The van der Waals surface area contributed by atoms with Gasteiger partial charge in [-0.3, -0.25) is 0 Å². The van der Waals surface area contributed by atoms with Crippen molar-refractivity contribution in [2.75, 3.05) is 6.61 Å². The third-order valence-corrected chi connectivity index (χ3v) is 3.15. The second-order valence-electron chi connectivity index (χ2n) is 4.90. The lowest BCUT2D eigenvalue weighted by Crippen LogP contribution is -2.04. The van der Waals surface area contributed by atoms with Crippen LogP contribution in [0.3, 0.4) is 0 Å². The zero-order chi connectivity index (χ0) is 17.0. The van der Waals surface area contributed by atoms with E-state index in [1.54, 1.807) is 6.07 Å². The van der Waals surface area contributed by atoms with E-state index >= 15 is 0 Å². The average Bonchev–Trinajstić information content (AvgIpc) is 2.52. The molecule has 0 saturated carbocycles. The van der Waals surface area contributed by atoms with Crippen LogP contribution in [0.4, 0.5) is 4.39 Å². The number of carboxylic acid groups (broad SMARTS) is 2.